The molecule has 0 unspecified atom stereocenters. The summed E-state index contributed by atoms with van der Waals surface area (Å²) >= 11 is 13.8. The van der Waals surface area contributed by atoms with Crippen molar-refractivity contribution < 1.29 is 18.6 Å². The summed E-state index contributed by atoms with van der Waals surface area (Å²) in [4.78, 5) is 18.5. The second-order valence-corrected chi connectivity index (χ2v) is 11.7. The van der Waals surface area contributed by atoms with Crippen LogP contribution < -0.4 is 19.8 Å². The smallest absolute Gasteiger partial charge is 0.282 e. The summed E-state index contributed by atoms with van der Waals surface area (Å²) in [5, 5.41) is 6.05. The quantitative estimate of drug-likeness (QED) is 0.138. The number of hydrogen-bond donors (Lipinski definition) is 0. The first-order valence-electron chi connectivity index (χ1n) is 13.5. The number of aromatic nitrogens is 2. The molecule has 6 aromatic rings. The minimum atomic E-state index is -0.365. The van der Waals surface area contributed by atoms with Gasteiger partial charge in [-0.15, -0.1) is 0 Å². The van der Waals surface area contributed by atoms with E-state index in [2.05, 4.69) is 37.0 Å². The summed E-state index contributed by atoms with van der Waals surface area (Å²) in [5.41, 5.74) is 2.27. The summed E-state index contributed by atoms with van der Waals surface area (Å²) in [6.07, 6.45) is 1.52. The van der Waals surface area contributed by atoms with Crippen molar-refractivity contribution in [1.29, 1.82) is 0 Å². The van der Waals surface area contributed by atoms with Crippen molar-refractivity contribution in [3.63, 3.8) is 0 Å². The Morgan fingerprint density at radius 1 is 0.977 bits per heavy atom. The topological polar surface area (TPSA) is 88.1 Å². The van der Waals surface area contributed by atoms with Crippen molar-refractivity contribution in [1.82, 2.24) is 9.66 Å². The van der Waals surface area contributed by atoms with Gasteiger partial charge in [0.25, 0.3) is 5.56 Å². The number of ether oxygens (including phenoxy) is 3. The highest BCUT2D eigenvalue weighted by Crippen LogP contribution is 2.43. The first kappa shape index (κ1) is 29.9. The van der Waals surface area contributed by atoms with Crippen LogP contribution >= 0.6 is 43.5 Å². The molecule has 0 saturated carbocycles. The number of nitrogens with zero attached hydrogens (tertiary/aromatic N) is 3. The number of hydrogen-bond acceptors (Lipinski definition) is 7. The van der Waals surface area contributed by atoms with Crippen LogP contribution in [0.2, 0.25) is 5.02 Å². The summed E-state index contributed by atoms with van der Waals surface area (Å²) in [7, 11) is 1.59. The molecule has 0 aliphatic carbocycles. The molecule has 0 bridgehead atoms. The minimum absolute atomic E-state index is 0.227. The Balaban J connectivity index is 1.44. The van der Waals surface area contributed by atoms with Crippen LogP contribution in [-0.2, 0) is 6.61 Å². The zero-order valence-electron chi connectivity index (χ0n) is 23.5. The van der Waals surface area contributed by atoms with Gasteiger partial charge < -0.3 is 18.6 Å². The Hall–Kier alpha value is -4.12. The number of benzene rings is 4. The lowest BCUT2D eigenvalue weighted by atomic mass is 10.2. The SMILES string of the molecule is CCOc1cc(C=Nn2c(-c3cc4c(OC)cccc4o3)nc3ccccc3c2=O)c(Br)c(Cl)c1OCc1ccc(Br)cc1. The molecule has 8 nitrogen and oxygen atoms in total. The van der Waals surface area contributed by atoms with E-state index in [4.69, 9.17) is 35.2 Å². The van der Waals surface area contributed by atoms with E-state index in [0.717, 1.165) is 15.4 Å². The van der Waals surface area contributed by atoms with Crippen LogP contribution in [0.15, 0.2) is 102 Å². The van der Waals surface area contributed by atoms with Gasteiger partial charge in [0.15, 0.2) is 17.3 Å². The van der Waals surface area contributed by atoms with Crippen LogP contribution in [0.25, 0.3) is 33.5 Å². The Bertz CT molecular complexity index is 2090. The Kier molecular flexibility index (Phi) is 8.74. The van der Waals surface area contributed by atoms with Gasteiger partial charge in [-0.25, -0.2) is 4.98 Å². The number of methoxy groups -OCH3 is 1. The van der Waals surface area contributed by atoms with Crippen LogP contribution in [0.3, 0.4) is 0 Å². The van der Waals surface area contributed by atoms with Gasteiger partial charge in [0.05, 0.1) is 36.2 Å². The molecule has 0 aliphatic heterocycles. The van der Waals surface area contributed by atoms with E-state index >= 15 is 0 Å². The monoisotopic (exact) mass is 735 g/mol. The first-order valence-corrected chi connectivity index (χ1v) is 15.5. The van der Waals surface area contributed by atoms with Gasteiger partial charge in [-0.05, 0) is 76.9 Å². The number of rotatable bonds is 9. The predicted molar refractivity (Wildman–Crippen MR) is 180 cm³/mol. The van der Waals surface area contributed by atoms with Crippen molar-refractivity contribution in [2.24, 2.45) is 5.10 Å². The lowest BCUT2D eigenvalue weighted by Gasteiger charge is -2.16. The maximum Gasteiger partial charge on any atom is 0.282 e. The van der Waals surface area contributed by atoms with Crippen molar-refractivity contribution in [3.8, 4) is 28.8 Å². The van der Waals surface area contributed by atoms with Gasteiger partial charge >= 0.3 is 0 Å². The van der Waals surface area contributed by atoms with E-state index < -0.39 is 0 Å². The third kappa shape index (κ3) is 5.85. The molecule has 0 amide bonds. The van der Waals surface area contributed by atoms with Crippen LogP contribution in [0.4, 0.5) is 0 Å². The van der Waals surface area contributed by atoms with E-state index in [1.54, 1.807) is 37.4 Å². The van der Waals surface area contributed by atoms with Crippen LogP contribution in [0.1, 0.15) is 18.1 Å². The van der Waals surface area contributed by atoms with Crippen molar-refractivity contribution in [2.45, 2.75) is 13.5 Å². The highest BCUT2D eigenvalue weighted by molar-refractivity contribution is 9.10. The summed E-state index contributed by atoms with van der Waals surface area (Å²) in [5.74, 6) is 2.05. The standard InChI is InChI=1S/C33H24Br2ClN3O5/c1-3-42-27-15-20(29(35)30(36)31(27)43-18-19-11-13-21(34)14-12-19)17-37-39-32(38-24-8-5-4-7-22(24)33(39)40)28-16-23-25(41-2)9-6-10-26(23)44-28/h4-17H,3,18H2,1-2H3. The molecular formula is C33H24Br2ClN3O5. The molecule has 0 atom stereocenters. The molecule has 0 fully saturated rings. The highest BCUT2D eigenvalue weighted by Gasteiger charge is 2.20. The third-order valence-corrected chi connectivity index (χ3v) is 8.75. The number of halogens is 3. The third-order valence-electron chi connectivity index (χ3n) is 6.78. The zero-order valence-corrected chi connectivity index (χ0v) is 27.4. The maximum absolute atomic E-state index is 13.8. The average Bonchev–Trinajstić information content (AvgIpc) is 3.48. The summed E-state index contributed by atoms with van der Waals surface area (Å²) < 4.78 is 26.3. The van der Waals surface area contributed by atoms with Gasteiger partial charge in [0.1, 0.15) is 23.0 Å². The van der Waals surface area contributed by atoms with E-state index in [1.807, 2.05) is 55.5 Å². The van der Waals surface area contributed by atoms with Gasteiger partial charge in [-0.1, -0.05) is 57.9 Å². The summed E-state index contributed by atoms with van der Waals surface area (Å²) in [6.45, 7) is 2.55. The van der Waals surface area contributed by atoms with Gasteiger partial charge in [-0.3, -0.25) is 4.79 Å². The molecule has 0 saturated heterocycles. The fraction of sp³-hybridized carbons (Fsp3) is 0.121. The van der Waals surface area contributed by atoms with Gasteiger partial charge in [-0.2, -0.15) is 9.78 Å². The molecular weight excluding hydrogens is 714 g/mol. The lowest BCUT2D eigenvalue weighted by Crippen LogP contribution is -2.20. The van der Waals surface area contributed by atoms with Gasteiger partial charge in [0.2, 0.25) is 5.82 Å². The minimum Gasteiger partial charge on any atom is -0.496 e. The average molecular weight is 738 g/mol. The molecule has 0 aliphatic rings. The molecule has 4 aromatic carbocycles. The number of para-hydroxylation sites is 1. The maximum atomic E-state index is 13.8. The van der Waals surface area contributed by atoms with E-state index in [9.17, 15) is 4.79 Å². The molecule has 6 rings (SSSR count). The fourth-order valence-electron chi connectivity index (χ4n) is 4.66. The predicted octanol–water partition coefficient (Wildman–Crippen LogP) is 8.86. The Labute approximate surface area is 274 Å². The second-order valence-electron chi connectivity index (χ2n) is 9.57. The molecule has 0 radical (unpaired) electrons. The van der Waals surface area contributed by atoms with Gasteiger partial charge in [0, 0.05) is 14.5 Å². The zero-order chi connectivity index (χ0) is 30.8. The number of furan rings is 1. The molecule has 0 N–H and O–H groups in total. The second kappa shape index (κ2) is 12.9. The lowest BCUT2D eigenvalue weighted by molar-refractivity contribution is 0.269. The molecule has 2 aromatic heterocycles. The van der Waals surface area contributed by atoms with Crippen LogP contribution in [0, 0.1) is 0 Å². The van der Waals surface area contributed by atoms with Crippen molar-refractivity contribution in [3.05, 3.63) is 114 Å². The largest absolute Gasteiger partial charge is 0.496 e. The molecule has 11 heteroatoms. The molecule has 2 heterocycles. The summed E-state index contributed by atoms with van der Waals surface area (Å²) in [6, 6.07) is 23.9. The van der Waals surface area contributed by atoms with Crippen molar-refractivity contribution in [2.75, 3.05) is 13.7 Å². The van der Waals surface area contributed by atoms with Crippen molar-refractivity contribution >= 4 is 71.5 Å². The highest BCUT2D eigenvalue weighted by atomic mass is 79.9. The van der Waals surface area contributed by atoms with E-state index in [-0.39, 0.29) is 18.0 Å². The van der Waals surface area contributed by atoms with E-state index in [1.165, 1.54) is 10.9 Å². The normalized spacial score (nSPS) is 11.5. The number of fused-ring (bicyclic) bond motifs is 2. The van der Waals surface area contributed by atoms with Crippen LogP contribution in [0.5, 0.6) is 17.2 Å². The van der Waals surface area contributed by atoms with Crippen LogP contribution in [-0.4, -0.2) is 29.6 Å². The molecule has 0 spiro atoms. The fourth-order valence-corrected chi connectivity index (χ4v) is 5.58. The molecule has 222 valence electrons. The Morgan fingerprint density at radius 3 is 2.55 bits per heavy atom. The molecule has 44 heavy (non-hydrogen) atoms. The Morgan fingerprint density at radius 2 is 1.77 bits per heavy atom. The first-order chi connectivity index (χ1) is 21.4. The van der Waals surface area contributed by atoms with E-state index in [0.29, 0.717) is 61.2 Å².